The summed E-state index contributed by atoms with van der Waals surface area (Å²) in [6, 6.07) is 13.8. The minimum absolute atomic E-state index is 0.0664. The average molecular weight is 409 g/mol. The highest BCUT2D eigenvalue weighted by Gasteiger charge is 2.25. The molecule has 2 aromatic carbocycles. The largest absolute Gasteiger partial charge is 0.497 e. The predicted octanol–water partition coefficient (Wildman–Crippen LogP) is 1.94. The lowest BCUT2D eigenvalue weighted by molar-refractivity contribution is -0.134. The number of benzene rings is 2. The number of ether oxygens (including phenoxy) is 3. The SMILES string of the molecule is COc1ccc(C(=O)N2CCN(C(=O)COc3ccc(C#N)cc3OC)CC2)cc1. The zero-order valence-electron chi connectivity index (χ0n) is 17.0. The lowest BCUT2D eigenvalue weighted by Crippen LogP contribution is -2.51. The highest BCUT2D eigenvalue weighted by Crippen LogP contribution is 2.27. The Kier molecular flexibility index (Phi) is 6.75. The minimum Gasteiger partial charge on any atom is -0.497 e. The second kappa shape index (κ2) is 9.65. The molecule has 0 saturated carbocycles. The molecule has 0 unspecified atom stereocenters. The predicted molar refractivity (Wildman–Crippen MR) is 109 cm³/mol. The second-order valence-corrected chi connectivity index (χ2v) is 6.67. The van der Waals surface area contributed by atoms with Gasteiger partial charge in [-0.2, -0.15) is 5.26 Å². The molecule has 1 saturated heterocycles. The molecule has 2 amide bonds. The molecule has 30 heavy (non-hydrogen) atoms. The second-order valence-electron chi connectivity index (χ2n) is 6.67. The molecule has 2 aromatic rings. The van der Waals surface area contributed by atoms with Crippen molar-refractivity contribution in [2.45, 2.75) is 0 Å². The van der Waals surface area contributed by atoms with Gasteiger partial charge in [0, 0.05) is 37.8 Å². The first kappa shape index (κ1) is 21.0. The molecule has 0 radical (unpaired) electrons. The molecule has 0 aromatic heterocycles. The summed E-state index contributed by atoms with van der Waals surface area (Å²) in [7, 11) is 3.05. The van der Waals surface area contributed by atoms with Crippen LogP contribution in [0.2, 0.25) is 0 Å². The number of hydrogen-bond acceptors (Lipinski definition) is 6. The fourth-order valence-corrected chi connectivity index (χ4v) is 3.16. The minimum atomic E-state index is -0.169. The summed E-state index contributed by atoms with van der Waals surface area (Å²) < 4.78 is 15.9. The van der Waals surface area contributed by atoms with E-state index in [4.69, 9.17) is 19.5 Å². The van der Waals surface area contributed by atoms with Crippen LogP contribution in [0.5, 0.6) is 17.2 Å². The Hall–Kier alpha value is -3.73. The molecule has 156 valence electrons. The Morgan fingerprint density at radius 2 is 1.60 bits per heavy atom. The molecular weight excluding hydrogens is 386 g/mol. The highest BCUT2D eigenvalue weighted by molar-refractivity contribution is 5.94. The maximum absolute atomic E-state index is 12.6. The van der Waals surface area contributed by atoms with Crippen LogP contribution in [-0.4, -0.2) is 68.6 Å². The quantitative estimate of drug-likeness (QED) is 0.724. The standard InChI is InChI=1S/C22H23N3O5/c1-28-18-6-4-17(5-7-18)22(27)25-11-9-24(10-12-25)21(26)15-30-19-8-3-16(14-23)13-20(19)29-2/h3-8,13H,9-12,15H2,1-2H3. The van der Waals surface area contributed by atoms with Crippen molar-refractivity contribution in [2.24, 2.45) is 0 Å². The van der Waals surface area contributed by atoms with Crippen molar-refractivity contribution in [3.8, 4) is 23.3 Å². The number of methoxy groups -OCH3 is 2. The summed E-state index contributed by atoms with van der Waals surface area (Å²) in [5, 5.41) is 8.95. The third kappa shape index (κ3) is 4.81. The van der Waals surface area contributed by atoms with Crippen molar-refractivity contribution < 1.29 is 23.8 Å². The molecule has 8 heteroatoms. The van der Waals surface area contributed by atoms with E-state index < -0.39 is 0 Å². The zero-order chi connectivity index (χ0) is 21.5. The molecule has 1 heterocycles. The Bertz CT molecular complexity index is 944. The first-order valence-corrected chi connectivity index (χ1v) is 9.47. The topological polar surface area (TPSA) is 92.1 Å². The fraction of sp³-hybridized carbons (Fsp3) is 0.318. The van der Waals surface area contributed by atoms with Gasteiger partial charge in [-0.15, -0.1) is 0 Å². The van der Waals surface area contributed by atoms with E-state index in [1.54, 1.807) is 59.4 Å². The molecule has 1 aliphatic heterocycles. The van der Waals surface area contributed by atoms with Gasteiger partial charge in [0.1, 0.15) is 5.75 Å². The van der Waals surface area contributed by atoms with Gasteiger partial charge in [-0.05, 0) is 36.4 Å². The summed E-state index contributed by atoms with van der Waals surface area (Å²) in [5.74, 6) is 1.26. The van der Waals surface area contributed by atoms with E-state index in [0.717, 1.165) is 0 Å². The molecule has 0 N–H and O–H groups in total. The molecular formula is C22H23N3O5. The van der Waals surface area contributed by atoms with Crippen LogP contribution < -0.4 is 14.2 Å². The first-order valence-electron chi connectivity index (χ1n) is 9.47. The summed E-state index contributed by atoms with van der Waals surface area (Å²) >= 11 is 0. The van der Waals surface area contributed by atoms with Gasteiger partial charge in [0.25, 0.3) is 11.8 Å². The number of carbonyl (C=O) groups is 2. The van der Waals surface area contributed by atoms with Gasteiger partial charge in [-0.1, -0.05) is 0 Å². The molecule has 0 atom stereocenters. The number of carbonyl (C=O) groups excluding carboxylic acids is 2. The van der Waals surface area contributed by atoms with E-state index in [2.05, 4.69) is 0 Å². The van der Waals surface area contributed by atoms with Gasteiger partial charge in [0.2, 0.25) is 0 Å². The van der Waals surface area contributed by atoms with Crippen molar-refractivity contribution >= 4 is 11.8 Å². The Labute approximate surface area is 175 Å². The van der Waals surface area contributed by atoms with Gasteiger partial charge in [-0.3, -0.25) is 9.59 Å². The summed E-state index contributed by atoms with van der Waals surface area (Å²) in [5.41, 5.74) is 1.04. The molecule has 0 spiro atoms. The van der Waals surface area contributed by atoms with Crippen molar-refractivity contribution in [1.82, 2.24) is 9.80 Å². The van der Waals surface area contributed by atoms with Gasteiger partial charge in [0.15, 0.2) is 18.1 Å². The van der Waals surface area contributed by atoms with Crippen LogP contribution in [0, 0.1) is 11.3 Å². The Morgan fingerprint density at radius 1 is 0.933 bits per heavy atom. The molecule has 1 aliphatic rings. The van der Waals surface area contributed by atoms with Gasteiger partial charge in [0.05, 0.1) is 25.9 Å². The number of rotatable bonds is 6. The van der Waals surface area contributed by atoms with Crippen LogP contribution >= 0.6 is 0 Å². The van der Waals surface area contributed by atoms with E-state index >= 15 is 0 Å². The van der Waals surface area contributed by atoms with Crippen LogP contribution in [0.3, 0.4) is 0 Å². The molecule has 0 aliphatic carbocycles. The maximum Gasteiger partial charge on any atom is 0.260 e. The van der Waals surface area contributed by atoms with E-state index in [1.165, 1.54) is 7.11 Å². The van der Waals surface area contributed by atoms with Crippen LogP contribution in [0.1, 0.15) is 15.9 Å². The van der Waals surface area contributed by atoms with Gasteiger partial charge < -0.3 is 24.0 Å². The van der Waals surface area contributed by atoms with Gasteiger partial charge in [-0.25, -0.2) is 0 Å². The zero-order valence-corrected chi connectivity index (χ0v) is 17.0. The number of piperazine rings is 1. The van der Waals surface area contributed by atoms with Crippen LogP contribution in [0.15, 0.2) is 42.5 Å². The van der Waals surface area contributed by atoms with Crippen molar-refractivity contribution in [2.75, 3.05) is 47.0 Å². The van der Waals surface area contributed by atoms with Crippen LogP contribution in [-0.2, 0) is 4.79 Å². The lowest BCUT2D eigenvalue weighted by Gasteiger charge is -2.34. The summed E-state index contributed by atoms with van der Waals surface area (Å²) in [4.78, 5) is 28.5. The van der Waals surface area contributed by atoms with E-state index in [1.807, 2.05) is 6.07 Å². The lowest BCUT2D eigenvalue weighted by atomic mass is 10.1. The van der Waals surface area contributed by atoms with Crippen molar-refractivity contribution in [3.63, 3.8) is 0 Å². The average Bonchev–Trinajstić information content (AvgIpc) is 2.82. The van der Waals surface area contributed by atoms with E-state index in [0.29, 0.717) is 54.6 Å². The normalized spacial score (nSPS) is 13.4. The molecule has 0 bridgehead atoms. The summed E-state index contributed by atoms with van der Waals surface area (Å²) in [6.07, 6.45) is 0. The monoisotopic (exact) mass is 409 g/mol. The number of amides is 2. The Morgan fingerprint density at radius 3 is 2.20 bits per heavy atom. The number of hydrogen-bond donors (Lipinski definition) is 0. The fourth-order valence-electron chi connectivity index (χ4n) is 3.16. The van der Waals surface area contributed by atoms with Crippen molar-refractivity contribution in [1.29, 1.82) is 5.26 Å². The first-order chi connectivity index (χ1) is 14.5. The van der Waals surface area contributed by atoms with Crippen LogP contribution in [0.25, 0.3) is 0 Å². The number of nitrogens with zero attached hydrogens (tertiary/aromatic N) is 3. The van der Waals surface area contributed by atoms with Gasteiger partial charge >= 0.3 is 0 Å². The molecule has 8 nitrogen and oxygen atoms in total. The van der Waals surface area contributed by atoms with Crippen molar-refractivity contribution in [3.05, 3.63) is 53.6 Å². The smallest absolute Gasteiger partial charge is 0.260 e. The van der Waals surface area contributed by atoms with Crippen LogP contribution in [0.4, 0.5) is 0 Å². The summed E-state index contributed by atoms with van der Waals surface area (Å²) in [6.45, 7) is 1.64. The number of nitriles is 1. The third-order valence-corrected chi connectivity index (χ3v) is 4.90. The van der Waals surface area contributed by atoms with E-state index in [-0.39, 0.29) is 18.4 Å². The third-order valence-electron chi connectivity index (χ3n) is 4.90. The molecule has 3 rings (SSSR count). The molecule has 1 fully saturated rings. The Balaban J connectivity index is 1.51. The highest BCUT2D eigenvalue weighted by atomic mass is 16.5. The maximum atomic E-state index is 12.6. The van der Waals surface area contributed by atoms with E-state index in [9.17, 15) is 9.59 Å².